The van der Waals surface area contributed by atoms with Gasteiger partial charge in [-0.1, -0.05) is 37.6 Å². The maximum atomic E-state index is 13.0. The fourth-order valence-corrected chi connectivity index (χ4v) is 5.37. The zero-order valence-corrected chi connectivity index (χ0v) is 19.6. The minimum Gasteiger partial charge on any atom is -0.349 e. The van der Waals surface area contributed by atoms with E-state index in [1.54, 1.807) is 18.3 Å². The highest BCUT2D eigenvalue weighted by Gasteiger charge is 2.33. The van der Waals surface area contributed by atoms with Crippen LogP contribution in [-0.4, -0.2) is 36.7 Å². The first-order valence-electron chi connectivity index (χ1n) is 10.7. The van der Waals surface area contributed by atoms with Gasteiger partial charge in [-0.2, -0.15) is 4.31 Å². The number of carbonyl (C=O) groups excluding carboxylic acids is 1. The van der Waals surface area contributed by atoms with Crippen LogP contribution in [0.25, 0.3) is 0 Å². The highest BCUT2D eigenvalue weighted by Crippen LogP contribution is 2.27. The number of nitrogens with one attached hydrogen (secondary N) is 1. The predicted molar refractivity (Wildman–Crippen MR) is 122 cm³/mol. The largest absolute Gasteiger partial charge is 0.349 e. The number of sulfonamides is 1. The molecule has 1 unspecified atom stereocenters. The third kappa shape index (κ3) is 6.28. The lowest BCUT2D eigenvalue weighted by Crippen LogP contribution is -2.43. The molecule has 0 saturated carbocycles. The summed E-state index contributed by atoms with van der Waals surface area (Å²) in [6, 6.07) is 10.7. The number of benzene rings is 1. The van der Waals surface area contributed by atoms with Gasteiger partial charge >= 0.3 is 0 Å². The quantitative estimate of drug-likeness (QED) is 0.628. The summed E-state index contributed by atoms with van der Waals surface area (Å²) in [5.41, 5.74) is 1.04. The van der Waals surface area contributed by atoms with Crippen molar-refractivity contribution in [2.45, 2.75) is 50.5 Å². The molecule has 3 rings (SSSR count). The van der Waals surface area contributed by atoms with E-state index in [1.165, 1.54) is 10.5 Å². The summed E-state index contributed by atoms with van der Waals surface area (Å²) in [6.45, 7) is 4.98. The van der Waals surface area contributed by atoms with Gasteiger partial charge in [-0.3, -0.25) is 9.78 Å². The average molecular weight is 464 g/mol. The molecule has 168 valence electrons. The number of nitrogens with zero attached hydrogens (tertiary/aromatic N) is 2. The molecule has 0 aliphatic carbocycles. The van der Waals surface area contributed by atoms with Crippen molar-refractivity contribution in [2.24, 2.45) is 11.8 Å². The van der Waals surface area contributed by atoms with E-state index in [0.29, 0.717) is 36.9 Å². The van der Waals surface area contributed by atoms with Gasteiger partial charge in [-0.25, -0.2) is 8.42 Å². The van der Waals surface area contributed by atoms with E-state index in [4.69, 9.17) is 11.6 Å². The molecular weight excluding hydrogens is 434 g/mol. The maximum Gasteiger partial charge on any atom is 0.244 e. The monoisotopic (exact) mass is 463 g/mol. The van der Waals surface area contributed by atoms with Gasteiger partial charge in [-0.15, -0.1) is 0 Å². The number of pyridine rings is 1. The van der Waals surface area contributed by atoms with Gasteiger partial charge in [0, 0.05) is 36.4 Å². The first kappa shape index (κ1) is 23.7. The van der Waals surface area contributed by atoms with Crippen molar-refractivity contribution in [1.82, 2.24) is 14.6 Å². The Labute approximate surface area is 190 Å². The third-order valence-corrected chi connectivity index (χ3v) is 7.85. The molecule has 1 aliphatic heterocycles. The Kier molecular flexibility index (Phi) is 8.08. The van der Waals surface area contributed by atoms with Crippen molar-refractivity contribution in [3.8, 4) is 0 Å². The molecule has 0 radical (unpaired) electrons. The highest BCUT2D eigenvalue weighted by molar-refractivity contribution is 7.89. The second-order valence-electron chi connectivity index (χ2n) is 8.45. The Hall–Kier alpha value is -1.96. The molecule has 2 heterocycles. The van der Waals surface area contributed by atoms with E-state index in [9.17, 15) is 13.2 Å². The number of hydrogen-bond acceptors (Lipinski definition) is 4. The van der Waals surface area contributed by atoms with Crippen LogP contribution in [0.2, 0.25) is 5.02 Å². The molecular formula is C23H30ClN3O3S. The number of rotatable bonds is 8. The van der Waals surface area contributed by atoms with Crippen molar-refractivity contribution >= 4 is 27.5 Å². The van der Waals surface area contributed by atoms with Gasteiger partial charge < -0.3 is 5.32 Å². The number of carbonyl (C=O) groups is 1. The van der Waals surface area contributed by atoms with E-state index in [1.807, 2.05) is 24.3 Å². The van der Waals surface area contributed by atoms with E-state index in [-0.39, 0.29) is 22.8 Å². The smallest absolute Gasteiger partial charge is 0.244 e. The first-order valence-corrected chi connectivity index (χ1v) is 12.5. The summed E-state index contributed by atoms with van der Waals surface area (Å²) in [5.74, 6) is 0.323. The van der Waals surface area contributed by atoms with Crippen LogP contribution >= 0.6 is 11.6 Å². The molecule has 1 atom stereocenters. The molecule has 1 aromatic carbocycles. The molecule has 0 spiro atoms. The summed E-state index contributed by atoms with van der Waals surface area (Å²) < 4.78 is 27.0. The van der Waals surface area contributed by atoms with Gasteiger partial charge in [0.25, 0.3) is 0 Å². The first-order chi connectivity index (χ1) is 14.8. The lowest BCUT2D eigenvalue weighted by Gasteiger charge is -2.31. The van der Waals surface area contributed by atoms with Crippen molar-refractivity contribution in [1.29, 1.82) is 0 Å². The molecule has 2 aromatic rings. The van der Waals surface area contributed by atoms with Crippen LogP contribution in [0.15, 0.2) is 53.7 Å². The molecule has 1 fully saturated rings. The molecule has 1 aromatic heterocycles. The summed E-state index contributed by atoms with van der Waals surface area (Å²) in [4.78, 5) is 17.1. The van der Waals surface area contributed by atoms with Crippen LogP contribution < -0.4 is 5.32 Å². The van der Waals surface area contributed by atoms with Crippen LogP contribution in [0, 0.1) is 11.8 Å². The Bertz CT molecular complexity index is 957. The minimum absolute atomic E-state index is 0.0119. The van der Waals surface area contributed by atoms with Crippen LogP contribution in [0.3, 0.4) is 0 Å². The molecule has 0 bridgehead atoms. The number of aromatic nitrogens is 1. The highest BCUT2D eigenvalue weighted by atomic mass is 35.5. The van der Waals surface area contributed by atoms with Crippen LogP contribution in [-0.2, 0) is 14.8 Å². The zero-order chi connectivity index (χ0) is 22.4. The summed E-state index contributed by atoms with van der Waals surface area (Å²) in [5, 5.41) is 3.87. The Morgan fingerprint density at radius 3 is 2.42 bits per heavy atom. The van der Waals surface area contributed by atoms with Gasteiger partial charge in [0.1, 0.15) is 4.90 Å². The lowest BCUT2D eigenvalue weighted by atomic mass is 9.94. The Morgan fingerprint density at radius 2 is 1.84 bits per heavy atom. The van der Waals surface area contributed by atoms with E-state index < -0.39 is 10.0 Å². The minimum atomic E-state index is -3.57. The molecule has 1 saturated heterocycles. The van der Waals surface area contributed by atoms with E-state index in [2.05, 4.69) is 24.1 Å². The Balaban J connectivity index is 1.62. The molecule has 6 nitrogen and oxygen atoms in total. The molecule has 1 amide bonds. The summed E-state index contributed by atoms with van der Waals surface area (Å²) in [7, 11) is -3.57. The number of hydrogen-bond donors (Lipinski definition) is 1. The van der Waals surface area contributed by atoms with Crippen LogP contribution in [0.5, 0.6) is 0 Å². The zero-order valence-electron chi connectivity index (χ0n) is 18.0. The van der Waals surface area contributed by atoms with Gasteiger partial charge in [0.2, 0.25) is 15.9 Å². The number of piperidine rings is 1. The van der Waals surface area contributed by atoms with Crippen LogP contribution in [0.1, 0.15) is 51.1 Å². The van der Waals surface area contributed by atoms with Crippen molar-refractivity contribution in [3.63, 3.8) is 0 Å². The lowest BCUT2D eigenvalue weighted by molar-refractivity contribution is -0.127. The molecule has 1 aliphatic rings. The molecule has 31 heavy (non-hydrogen) atoms. The topological polar surface area (TPSA) is 79.4 Å². The predicted octanol–water partition coefficient (Wildman–Crippen LogP) is 4.43. The molecule has 8 heteroatoms. The van der Waals surface area contributed by atoms with E-state index >= 15 is 0 Å². The average Bonchev–Trinajstić information content (AvgIpc) is 2.77. The van der Waals surface area contributed by atoms with Gasteiger partial charge in [0.05, 0.1) is 6.04 Å². The number of amides is 1. The summed E-state index contributed by atoms with van der Waals surface area (Å²) >= 11 is 6.02. The number of halogens is 1. The van der Waals surface area contributed by atoms with Crippen molar-refractivity contribution in [2.75, 3.05) is 13.1 Å². The second-order valence-corrected chi connectivity index (χ2v) is 10.8. The fourth-order valence-electron chi connectivity index (χ4n) is 3.81. The SMILES string of the molecule is CC(C)CCC(NC(=O)C1CCN(S(=O)(=O)c2cccnc2)CC1)c1ccc(Cl)cc1. The normalized spacial score (nSPS) is 16.9. The third-order valence-electron chi connectivity index (χ3n) is 5.72. The molecule has 1 N–H and O–H groups in total. The van der Waals surface area contributed by atoms with Crippen molar-refractivity contribution < 1.29 is 13.2 Å². The van der Waals surface area contributed by atoms with E-state index in [0.717, 1.165) is 18.4 Å². The fraction of sp³-hybridized carbons (Fsp3) is 0.478. The Morgan fingerprint density at radius 1 is 1.16 bits per heavy atom. The second kappa shape index (κ2) is 10.6. The van der Waals surface area contributed by atoms with Crippen LogP contribution in [0.4, 0.5) is 0 Å². The maximum absolute atomic E-state index is 13.0. The standard InChI is InChI=1S/C23H30ClN3O3S/c1-17(2)5-10-22(18-6-8-20(24)9-7-18)26-23(28)19-11-14-27(15-12-19)31(29,30)21-4-3-13-25-16-21/h3-4,6-9,13,16-17,19,22H,5,10-12,14-15H2,1-2H3,(H,26,28). The van der Waals surface area contributed by atoms with Crippen molar-refractivity contribution in [3.05, 3.63) is 59.4 Å². The summed E-state index contributed by atoms with van der Waals surface area (Å²) in [6.07, 6.45) is 5.76. The van der Waals surface area contributed by atoms with Gasteiger partial charge in [0.15, 0.2) is 0 Å². The van der Waals surface area contributed by atoms with Gasteiger partial charge in [-0.05, 0) is 61.4 Å².